The van der Waals surface area contributed by atoms with E-state index >= 15 is 0 Å². The highest BCUT2D eigenvalue weighted by atomic mass is 32.2. The topological polar surface area (TPSA) is 69.7 Å². The summed E-state index contributed by atoms with van der Waals surface area (Å²) in [4.78, 5) is 13.7. The fourth-order valence-electron chi connectivity index (χ4n) is 4.02. The maximum Gasteiger partial charge on any atom is 0.416 e. The van der Waals surface area contributed by atoms with E-state index in [0.717, 1.165) is 25.0 Å². The van der Waals surface area contributed by atoms with Crippen molar-refractivity contribution in [1.29, 1.82) is 0 Å². The third-order valence-electron chi connectivity index (χ3n) is 5.81. The lowest BCUT2D eigenvalue weighted by atomic mass is 9.89. The zero-order valence-electron chi connectivity index (χ0n) is 16.8. The number of amides is 1. The Hall–Kier alpha value is -1.65. The number of piperazine rings is 1. The Morgan fingerprint density at radius 2 is 1.73 bits per heavy atom. The van der Waals surface area contributed by atoms with E-state index in [0.29, 0.717) is 31.6 Å². The van der Waals surface area contributed by atoms with E-state index in [1.807, 2.05) is 4.90 Å². The minimum Gasteiger partial charge on any atom is -0.355 e. The van der Waals surface area contributed by atoms with Gasteiger partial charge in [-0.3, -0.25) is 9.69 Å². The quantitative estimate of drug-likeness (QED) is 0.728. The van der Waals surface area contributed by atoms with Crippen LogP contribution in [0.5, 0.6) is 0 Å². The second-order valence-corrected chi connectivity index (χ2v) is 9.95. The van der Waals surface area contributed by atoms with Crippen LogP contribution < -0.4 is 5.32 Å². The fourth-order valence-corrected chi connectivity index (χ4v) is 5.49. The smallest absolute Gasteiger partial charge is 0.355 e. The first-order valence-corrected chi connectivity index (χ1v) is 11.8. The summed E-state index contributed by atoms with van der Waals surface area (Å²) >= 11 is 0. The molecule has 30 heavy (non-hydrogen) atoms. The Balaban J connectivity index is 1.50. The van der Waals surface area contributed by atoms with E-state index in [4.69, 9.17) is 0 Å². The number of nitrogens with one attached hydrogen (secondary N) is 1. The minimum atomic E-state index is -4.60. The van der Waals surface area contributed by atoms with Gasteiger partial charge in [0, 0.05) is 32.7 Å². The number of hydrogen-bond acceptors (Lipinski definition) is 4. The van der Waals surface area contributed by atoms with Crippen LogP contribution in [0.3, 0.4) is 0 Å². The van der Waals surface area contributed by atoms with Crippen molar-refractivity contribution in [2.45, 2.75) is 43.2 Å². The van der Waals surface area contributed by atoms with Gasteiger partial charge < -0.3 is 5.32 Å². The Bertz CT molecular complexity index is 831. The Kier molecular flexibility index (Phi) is 7.41. The predicted octanol–water partition coefficient (Wildman–Crippen LogP) is 2.71. The van der Waals surface area contributed by atoms with Gasteiger partial charge in [-0.2, -0.15) is 17.5 Å². The van der Waals surface area contributed by atoms with Gasteiger partial charge in [-0.25, -0.2) is 8.42 Å². The lowest BCUT2D eigenvalue weighted by Gasteiger charge is -2.33. The molecule has 168 valence electrons. The normalized spacial score (nSPS) is 20.2. The first kappa shape index (κ1) is 23.0. The van der Waals surface area contributed by atoms with Gasteiger partial charge in [0.15, 0.2) is 0 Å². The van der Waals surface area contributed by atoms with E-state index in [-0.39, 0.29) is 30.4 Å². The van der Waals surface area contributed by atoms with Gasteiger partial charge in [0.2, 0.25) is 15.9 Å². The predicted molar refractivity (Wildman–Crippen MR) is 106 cm³/mol. The van der Waals surface area contributed by atoms with Crippen molar-refractivity contribution in [3.63, 3.8) is 0 Å². The van der Waals surface area contributed by atoms with Gasteiger partial charge >= 0.3 is 6.18 Å². The molecule has 2 aliphatic rings. The molecule has 1 aromatic rings. The van der Waals surface area contributed by atoms with Gasteiger partial charge in [-0.05, 0) is 37.0 Å². The minimum absolute atomic E-state index is 0.0743. The summed E-state index contributed by atoms with van der Waals surface area (Å²) in [5.74, 6) is 0.465. The summed E-state index contributed by atoms with van der Waals surface area (Å²) < 4.78 is 65.3. The number of rotatable bonds is 6. The third-order valence-corrected chi connectivity index (χ3v) is 7.70. The van der Waals surface area contributed by atoms with Crippen molar-refractivity contribution in [3.05, 3.63) is 29.8 Å². The number of carbonyl (C=O) groups is 1. The van der Waals surface area contributed by atoms with Crippen molar-refractivity contribution in [2.24, 2.45) is 5.92 Å². The van der Waals surface area contributed by atoms with Crippen LogP contribution in [-0.4, -0.2) is 62.8 Å². The molecule has 0 radical (unpaired) electrons. The SMILES string of the molecule is O=C(CN1CCN(S(=O)(=O)c2cccc(C(F)(F)F)c2)CC1)NCC1CCCCC1. The fraction of sp³-hybridized carbons (Fsp3) is 0.650. The number of hydrogen-bond donors (Lipinski definition) is 1. The summed E-state index contributed by atoms with van der Waals surface area (Å²) in [5.41, 5.74) is -0.989. The van der Waals surface area contributed by atoms with Crippen LogP contribution >= 0.6 is 0 Å². The lowest BCUT2D eigenvalue weighted by Crippen LogP contribution is -2.51. The molecular weight excluding hydrogens is 419 g/mol. The number of benzene rings is 1. The van der Waals surface area contributed by atoms with Gasteiger partial charge in [0.25, 0.3) is 0 Å². The van der Waals surface area contributed by atoms with Crippen molar-refractivity contribution in [3.8, 4) is 0 Å². The standard InChI is InChI=1S/C20H28F3N3O3S/c21-20(22,23)17-7-4-8-18(13-17)30(28,29)26-11-9-25(10-12-26)15-19(27)24-14-16-5-2-1-3-6-16/h4,7-8,13,16H,1-3,5-6,9-12,14-15H2,(H,24,27). The monoisotopic (exact) mass is 447 g/mol. The largest absolute Gasteiger partial charge is 0.416 e. The molecule has 2 fully saturated rings. The summed E-state index contributed by atoms with van der Waals surface area (Å²) in [7, 11) is -4.02. The maximum absolute atomic E-state index is 12.9. The van der Waals surface area contributed by atoms with Crippen LogP contribution in [0.1, 0.15) is 37.7 Å². The number of alkyl halides is 3. The zero-order valence-corrected chi connectivity index (χ0v) is 17.6. The molecule has 1 aliphatic heterocycles. The van der Waals surface area contributed by atoms with E-state index in [1.54, 1.807) is 0 Å². The van der Waals surface area contributed by atoms with Crippen molar-refractivity contribution in [1.82, 2.24) is 14.5 Å². The first-order chi connectivity index (χ1) is 14.2. The number of nitrogens with zero attached hydrogens (tertiary/aromatic N) is 2. The van der Waals surface area contributed by atoms with E-state index in [1.165, 1.54) is 29.6 Å². The molecule has 1 saturated carbocycles. The van der Waals surface area contributed by atoms with Gasteiger partial charge in [-0.15, -0.1) is 0 Å². The summed E-state index contributed by atoms with van der Waals surface area (Å²) in [6.45, 7) is 1.86. The lowest BCUT2D eigenvalue weighted by molar-refractivity contribution is -0.137. The van der Waals surface area contributed by atoms with Crippen LogP contribution in [0.25, 0.3) is 0 Å². The van der Waals surface area contributed by atoms with Gasteiger partial charge in [0.05, 0.1) is 17.0 Å². The molecule has 10 heteroatoms. The van der Waals surface area contributed by atoms with Crippen LogP contribution in [0, 0.1) is 5.92 Å². The zero-order chi connectivity index (χ0) is 21.8. The van der Waals surface area contributed by atoms with Crippen LogP contribution in [0.4, 0.5) is 13.2 Å². The molecule has 0 aromatic heterocycles. The van der Waals surface area contributed by atoms with Crippen molar-refractivity contribution in [2.75, 3.05) is 39.3 Å². The number of carbonyl (C=O) groups excluding carboxylic acids is 1. The second kappa shape index (κ2) is 9.65. The average molecular weight is 448 g/mol. The number of halogens is 3. The molecule has 1 amide bonds. The molecular formula is C20H28F3N3O3S. The third kappa shape index (κ3) is 5.95. The highest BCUT2D eigenvalue weighted by Gasteiger charge is 2.34. The van der Waals surface area contributed by atoms with Crippen molar-refractivity contribution >= 4 is 15.9 Å². The van der Waals surface area contributed by atoms with Gasteiger partial charge in [0.1, 0.15) is 0 Å². The molecule has 1 N–H and O–H groups in total. The molecule has 0 spiro atoms. The Labute approximate surface area is 175 Å². The maximum atomic E-state index is 12.9. The van der Waals surface area contributed by atoms with Crippen LogP contribution in [0.2, 0.25) is 0 Å². The highest BCUT2D eigenvalue weighted by Crippen LogP contribution is 2.31. The van der Waals surface area contributed by atoms with Gasteiger partial charge in [-0.1, -0.05) is 25.3 Å². The van der Waals surface area contributed by atoms with Crippen LogP contribution in [0.15, 0.2) is 29.2 Å². The highest BCUT2D eigenvalue weighted by molar-refractivity contribution is 7.89. The van der Waals surface area contributed by atoms with E-state index in [9.17, 15) is 26.4 Å². The molecule has 1 heterocycles. The van der Waals surface area contributed by atoms with E-state index in [2.05, 4.69) is 5.32 Å². The van der Waals surface area contributed by atoms with E-state index < -0.39 is 21.8 Å². The molecule has 1 saturated heterocycles. The molecule has 1 aliphatic carbocycles. The van der Waals surface area contributed by atoms with Crippen LogP contribution in [-0.2, 0) is 21.0 Å². The summed E-state index contributed by atoms with van der Waals surface area (Å²) in [6.07, 6.45) is 1.37. The molecule has 1 aromatic carbocycles. The molecule has 0 atom stereocenters. The average Bonchev–Trinajstić information content (AvgIpc) is 2.73. The summed E-state index contributed by atoms with van der Waals surface area (Å²) in [5, 5.41) is 2.97. The second-order valence-electron chi connectivity index (χ2n) is 8.01. The summed E-state index contributed by atoms with van der Waals surface area (Å²) in [6, 6.07) is 3.79. The molecule has 0 bridgehead atoms. The van der Waals surface area contributed by atoms with Crippen molar-refractivity contribution < 1.29 is 26.4 Å². The first-order valence-electron chi connectivity index (χ1n) is 10.3. The molecule has 6 nitrogen and oxygen atoms in total. The Morgan fingerprint density at radius 1 is 1.07 bits per heavy atom. The Morgan fingerprint density at radius 3 is 2.37 bits per heavy atom. The molecule has 0 unspecified atom stereocenters. The number of sulfonamides is 1. The molecule has 3 rings (SSSR count).